The summed E-state index contributed by atoms with van der Waals surface area (Å²) < 4.78 is 22.3. The number of aromatic hydroxyl groups is 4. The molecule has 0 saturated carbocycles. The summed E-state index contributed by atoms with van der Waals surface area (Å²) in [6, 6.07) is 12.6. The maximum atomic E-state index is 12.5. The van der Waals surface area contributed by atoms with Gasteiger partial charge in [0.2, 0.25) is 0 Å². The molecule has 1 aromatic heterocycles. The van der Waals surface area contributed by atoms with Gasteiger partial charge >= 0.3 is 11.9 Å². The van der Waals surface area contributed by atoms with Gasteiger partial charge in [-0.05, 0) is 63.1 Å². The number of nitrogens with zero attached hydrogens (tertiary/aromatic N) is 3. The number of hydrogen-bond donors (Lipinski definition) is 4. The highest BCUT2D eigenvalue weighted by molar-refractivity contribution is 5.77. The lowest BCUT2D eigenvalue weighted by Crippen LogP contribution is -2.26. The van der Waals surface area contributed by atoms with Gasteiger partial charge in [0.1, 0.15) is 34.5 Å². The Hall–Kier alpha value is -5.59. The largest absolute Gasteiger partial charge is 0.508 e. The number of unbranched alkanes of at least 4 members (excludes halogenated alkanes) is 10. The molecule has 0 aliphatic heterocycles. The van der Waals surface area contributed by atoms with Crippen LogP contribution in [0.2, 0.25) is 0 Å². The summed E-state index contributed by atoms with van der Waals surface area (Å²) in [6.07, 6.45) is 10.9. The Bertz CT molecular complexity index is 1780. The molecule has 1 heterocycles. The Morgan fingerprint density at radius 1 is 0.518 bits per heavy atom. The van der Waals surface area contributed by atoms with E-state index in [9.17, 15) is 30.0 Å². The molecule has 13 nitrogen and oxygen atoms in total. The van der Waals surface area contributed by atoms with Crippen LogP contribution in [-0.2, 0) is 19.1 Å². The maximum absolute atomic E-state index is 12.5. The van der Waals surface area contributed by atoms with Crippen LogP contribution in [0.25, 0.3) is 34.2 Å². The van der Waals surface area contributed by atoms with Gasteiger partial charge in [0, 0.05) is 18.2 Å². The van der Waals surface area contributed by atoms with E-state index in [4.69, 9.17) is 18.9 Å². The summed E-state index contributed by atoms with van der Waals surface area (Å²) >= 11 is 0. The Kier molecular flexibility index (Phi) is 17.0. The second-order valence-electron chi connectivity index (χ2n) is 13.8. The first-order chi connectivity index (χ1) is 27.0. The number of carbonyl (C=O) groups excluding carboxylic acids is 2. The standard InChI is InChI=1S/C43H55N3O10/c1-5-7-9-11-13-15-23-53-42(51)28(3)55-31-18-21-34(37(49)26-31)40-44-39(33-20-17-30(47)25-36(33)48)45-41(46-40)35-22-19-32(27-38(35)50)56-29(4)43(52)54-24-16-14-12-10-8-6-2/h17-22,25-29,47-50H,5-16,23-24H2,1-4H3. The van der Waals surface area contributed by atoms with Crippen LogP contribution in [0.1, 0.15) is 105 Å². The Labute approximate surface area is 328 Å². The van der Waals surface area contributed by atoms with Crippen molar-refractivity contribution < 1.29 is 49.0 Å². The molecule has 0 aliphatic rings. The van der Waals surface area contributed by atoms with E-state index in [2.05, 4.69) is 28.8 Å². The molecule has 0 spiro atoms. The van der Waals surface area contributed by atoms with Crippen LogP contribution < -0.4 is 9.47 Å². The summed E-state index contributed by atoms with van der Waals surface area (Å²) in [5.74, 6) is -1.74. The molecular weight excluding hydrogens is 718 g/mol. The number of phenols is 4. The monoisotopic (exact) mass is 773 g/mol. The van der Waals surface area contributed by atoms with Crippen LogP contribution >= 0.6 is 0 Å². The summed E-state index contributed by atoms with van der Waals surface area (Å²) in [4.78, 5) is 38.6. The molecule has 302 valence electrons. The highest BCUT2D eigenvalue weighted by atomic mass is 16.6. The number of rotatable bonds is 23. The molecule has 0 aliphatic carbocycles. The predicted molar refractivity (Wildman–Crippen MR) is 212 cm³/mol. The van der Waals surface area contributed by atoms with Gasteiger partial charge < -0.3 is 39.4 Å². The highest BCUT2D eigenvalue weighted by Gasteiger charge is 2.22. The minimum absolute atomic E-state index is 0.0191. The van der Waals surface area contributed by atoms with Crippen molar-refractivity contribution in [2.75, 3.05) is 13.2 Å². The third-order valence-corrected chi connectivity index (χ3v) is 9.05. The molecule has 2 unspecified atom stereocenters. The Morgan fingerprint density at radius 2 is 0.875 bits per heavy atom. The van der Waals surface area contributed by atoms with E-state index in [0.29, 0.717) is 13.2 Å². The normalized spacial score (nSPS) is 12.1. The highest BCUT2D eigenvalue weighted by Crippen LogP contribution is 2.38. The molecule has 4 aromatic rings. The fourth-order valence-corrected chi connectivity index (χ4v) is 5.84. The van der Waals surface area contributed by atoms with E-state index in [1.165, 1.54) is 87.1 Å². The molecule has 3 aromatic carbocycles. The van der Waals surface area contributed by atoms with E-state index >= 15 is 0 Å². The minimum Gasteiger partial charge on any atom is -0.508 e. The van der Waals surface area contributed by atoms with E-state index in [1.54, 1.807) is 13.8 Å². The second-order valence-corrected chi connectivity index (χ2v) is 13.8. The van der Waals surface area contributed by atoms with Crippen LogP contribution in [0.4, 0.5) is 0 Å². The summed E-state index contributed by atoms with van der Waals surface area (Å²) in [5.41, 5.74) is 0.464. The topological polar surface area (TPSA) is 191 Å². The van der Waals surface area contributed by atoms with Gasteiger partial charge in [0.25, 0.3) is 0 Å². The first kappa shape index (κ1) is 43.1. The summed E-state index contributed by atoms with van der Waals surface area (Å²) in [5, 5.41) is 42.8. The maximum Gasteiger partial charge on any atom is 0.347 e. The van der Waals surface area contributed by atoms with Crippen LogP contribution in [0.3, 0.4) is 0 Å². The van der Waals surface area contributed by atoms with Gasteiger partial charge in [-0.2, -0.15) is 0 Å². The van der Waals surface area contributed by atoms with Crippen molar-refractivity contribution in [1.82, 2.24) is 15.0 Å². The Balaban J connectivity index is 1.51. The molecule has 0 bridgehead atoms. The lowest BCUT2D eigenvalue weighted by atomic mass is 10.1. The molecule has 4 rings (SSSR count). The first-order valence-corrected chi connectivity index (χ1v) is 19.6. The number of esters is 2. The van der Waals surface area contributed by atoms with Crippen molar-refractivity contribution in [2.24, 2.45) is 0 Å². The molecule has 0 saturated heterocycles. The number of ether oxygens (including phenoxy) is 4. The lowest BCUT2D eigenvalue weighted by molar-refractivity contribution is -0.152. The molecule has 13 heteroatoms. The SMILES string of the molecule is CCCCCCCCOC(=O)C(C)Oc1ccc(-c2nc(-c3ccc(O)cc3O)nc(-c3ccc(OC(C)C(=O)OCCCCCCCC)cc3O)n2)c(O)c1. The fraction of sp³-hybridized carbons (Fsp3) is 0.465. The molecule has 56 heavy (non-hydrogen) atoms. The van der Waals surface area contributed by atoms with E-state index in [1.807, 2.05) is 0 Å². The average Bonchev–Trinajstić information content (AvgIpc) is 3.17. The Morgan fingerprint density at radius 3 is 1.25 bits per heavy atom. The van der Waals surface area contributed by atoms with Crippen LogP contribution in [0.5, 0.6) is 34.5 Å². The molecule has 4 N–H and O–H groups in total. The number of aromatic nitrogens is 3. The minimum atomic E-state index is -0.929. The van der Waals surface area contributed by atoms with Crippen molar-refractivity contribution in [3.63, 3.8) is 0 Å². The number of hydrogen-bond acceptors (Lipinski definition) is 13. The van der Waals surface area contributed by atoms with Crippen molar-refractivity contribution in [3.8, 4) is 68.7 Å². The van der Waals surface area contributed by atoms with Crippen LogP contribution in [-0.4, -0.2) is 72.7 Å². The van der Waals surface area contributed by atoms with Crippen molar-refractivity contribution >= 4 is 11.9 Å². The third-order valence-electron chi connectivity index (χ3n) is 9.05. The van der Waals surface area contributed by atoms with Crippen LogP contribution in [0.15, 0.2) is 54.6 Å². The first-order valence-electron chi connectivity index (χ1n) is 19.6. The number of phenolic OH excluding ortho intramolecular Hbond substituents is 4. The van der Waals surface area contributed by atoms with Gasteiger partial charge in [-0.15, -0.1) is 0 Å². The van der Waals surface area contributed by atoms with E-state index < -0.39 is 24.1 Å². The summed E-state index contributed by atoms with van der Waals surface area (Å²) in [7, 11) is 0. The van der Waals surface area contributed by atoms with E-state index in [-0.39, 0.29) is 68.7 Å². The van der Waals surface area contributed by atoms with Gasteiger partial charge in [-0.25, -0.2) is 24.5 Å². The average molecular weight is 774 g/mol. The zero-order chi connectivity index (χ0) is 40.5. The molecule has 0 fully saturated rings. The number of benzene rings is 3. The zero-order valence-electron chi connectivity index (χ0n) is 32.8. The number of carbonyl (C=O) groups is 2. The van der Waals surface area contributed by atoms with E-state index in [0.717, 1.165) is 44.6 Å². The van der Waals surface area contributed by atoms with Gasteiger partial charge in [0.15, 0.2) is 29.7 Å². The van der Waals surface area contributed by atoms with Crippen molar-refractivity contribution in [2.45, 2.75) is 117 Å². The van der Waals surface area contributed by atoms with Crippen molar-refractivity contribution in [1.29, 1.82) is 0 Å². The molecular formula is C43H55N3O10. The summed E-state index contributed by atoms with van der Waals surface area (Å²) in [6.45, 7) is 8.07. The van der Waals surface area contributed by atoms with Gasteiger partial charge in [-0.3, -0.25) is 0 Å². The molecule has 0 radical (unpaired) electrons. The quantitative estimate of drug-likeness (QED) is 0.0413. The van der Waals surface area contributed by atoms with Gasteiger partial charge in [-0.1, -0.05) is 78.1 Å². The zero-order valence-corrected chi connectivity index (χ0v) is 32.8. The van der Waals surface area contributed by atoms with Crippen LogP contribution in [0, 0.1) is 0 Å². The van der Waals surface area contributed by atoms with Crippen molar-refractivity contribution in [3.05, 3.63) is 54.6 Å². The lowest BCUT2D eigenvalue weighted by Gasteiger charge is -2.16. The predicted octanol–water partition coefficient (Wildman–Crippen LogP) is 9.04. The molecule has 2 atom stereocenters. The second kappa shape index (κ2) is 22.1. The molecule has 0 amide bonds. The van der Waals surface area contributed by atoms with Gasteiger partial charge in [0.05, 0.1) is 29.9 Å². The third kappa shape index (κ3) is 13.0. The fourth-order valence-electron chi connectivity index (χ4n) is 5.84. The smallest absolute Gasteiger partial charge is 0.347 e.